The fourth-order valence-electron chi connectivity index (χ4n) is 3.48. The summed E-state index contributed by atoms with van der Waals surface area (Å²) in [5, 5.41) is 3.10. The van der Waals surface area contributed by atoms with Crippen molar-refractivity contribution in [2.75, 3.05) is 19.0 Å². The first kappa shape index (κ1) is 21.3. The summed E-state index contributed by atoms with van der Waals surface area (Å²) in [6.07, 6.45) is 0.928. The highest BCUT2D eigenvalue weighted by atomic mass is 35.5. The number of ether oxygens (including phenoxy) is 1. The Morgan fingerprint density at radius 1 is 1.43 bits per heavy atom. The molecule has 0 aromatic carbocycles. The van der Waals surface area contributed by atoms with Gasteiger partial charge in [-0.1, -0.05) is 29.3 Å². The Labute approximate surface area is 186 Å². The van der Waals surface area contributed by atoms with Crippen molar-refractivity contribution in [2.24, 2.45) is 10.7 Å². The minimum atomic E-state index is -3.92. The molecular weight excluding hydrogens is 473 g/mol. The Kier molecular flexibility index (Phi) is 5.43. The molecule has 2 aromatic heterocycles. The number of pyridine rings is 1. The maximum atomic E-state index is 13.0. The van der Waals surface area contributed by atoms with Gasteiger partial charge in [-0.15, -0.1) is 11.3 Å². The van der Waals surface area contributed by atoms with Crippen LogP contribution in [0.25, 0.3) is 0 Å². The van der Waals surface area contributed by atoms with Gasteiger partial charge < -0.3 is 15.8 Å². The van der Waals surface area contributed by atoms with Crippen molar-refractivity contribution in [3.05, 3.63) is 44.2 Å². The van der Waals surface area contributed by atoms with Gasteiger partial charge in [0, 0.05) is 13.7 Å². The fraction of sp³-hybridized carbons (Fsp3) is 0.353. The number of nitrogens with zero attached hydrogens (tertiary/aromatic N) is 3. The van der Waals surface area contributed by atoms with Crippen molar-refractivity contribution >= 4 is 62.2 Å². The molecule has 0 saturated carbocycles. The number of nitrogens with two attached hydrogens (primary N) is 1. The van der Waals surface area contributed by atoms with Gasteiger partial charge in [-0.3, -0.25) is 4.79 Å². The number of nitrogens with one attached hydrogen (secondary N) is 1. The molecule has 2 atom stereocenters. The molecule has 2 aromatic rings. The molecule has 4 heterocycles. The standard InChI is InChI=1S/C17H17Cl2N5O4S2/c1-24-16(20)23-17(6-3-7-28-15(17)30(24,26)27)13-9(18)8-10(29-13)14(25)22-12-5-2-4-11(19)21-12/h2,4-5,8,15H,3,6-7H2,1H3,(H2,20,23)(H,21,22,25). The van der Waals surface area contributed by atoms with Crippen LogP contribution < -0.4 is 11.1 Å². The number of hydrogen-bond donors (Lipinski definition) is 2. The van der Waals surface area contributed by atoms with E-state index in [4.69, 9.17) is 33.7 Å². The number of guanidine groups is 1. The summed E-state index contributed by atoms with van der Waals surface area (Å²) in [6, 6.07) is 6.31. The molecular formula is C17H17Cl2N5O4S2. The highest BCUT2D eigenvalue weighted by molar-refractivity contribution is 7.90. The van der Waals surface area contributed by atoms with Crippen molar-refractivity contribution < 1.29 is 17.9 Å². The summed E-state index contributed by atoms with van der Waals surface area (Å²) >= 11 is 13.4. The molecule has 0 bridgehead atoms. The normalized spacial score (nSPS) is 25.4. The van der Waals surface area contributed by atoms with Crippen molar-refractivity contribution in [1.29, 1.82) is 0 Å². The number of carbonyl (C=O) groups excluding carboxylic acids is 1. The Morgan fingerprint density at radius 3 is 2.93 bits per heavy atom. The van der Waals surface area contributed by atoms with Crippen molar-refractivity contribution in [2.45, 2.75) is 23.8 Å². The Morgan fingerprint density at radius 2 is 2.20 bits per heavy atom. The van der Waals surface area contributed by atoms with Crippen LogP contribution in [0.3, 0.4) is 0 Å². The second kappa shape index (κ2) is 7.65. The molecule has 1 saturated heterocycles. The second-order valence-electron chi connectivity index (χ2n) is 6.80. The van der Waals surface area contributed by atoms with Gasteiger partial charge in [-0.25, -0.2) is 22.7 Å². The quantitative estimate of drug-likeness (QED) is 0.637. The maximum absolute atomic E-state index is 13.0. The van der Waals surface area contributed by atoms with Crippen LogP contribution in [0.2, 0.25) is 10.2 Å². The maximum Gasteiger partial charge on any atom is 0.267 e. The number of amides is 1. The molecule has 2 aliphatic rings. The number of sulfonamides is 1. The van der Waals surface area contributed by atoms with E-state index in [-0.39, 0.29) is 33.4 Å². The minimum absolute atomic E-state index is 0.157. The van der Waals surface area contributed by atoms with Crippen molar-refractivity contribution in [1.82, 2.24) is 9.29 Å². The number of thiophene rings is 1. The van der Waals surface area contributed by atoms with Gasteiger partial charge >= 0.3 is 0 Å². The number of fused-ring (bicyclic) bond motifs is 1. The minimum Gasteiger partial charge on any atom is -0.369 e. The number of rotatable bonds is 3. The lowest BCUT2D eigenvalue weighted by molar-refractivity contribution is 0.00334. The molecule has 30 heavy (non-hydrogen) atoms. The van der Waals surface area contributed by atoms with E-state index < -0.39 is 26.9 Å². The Balaban J connectivity index is 1.75. The van der Waals surface area contributed by atoms with E-state index in [1.54, 1.807) is 18.2 Å². The van der Waals surface area contributed by atoms with Crippen LogP contribution in [-0.4, -0.2) is 48.7 Å². The number of anilines is 1. The molecule has 0 spiro atoms. The summed E-state index contributed by atoms with van der Waals surface area (Å²) in [6.45, 7) is 0.270. The number of carbonyl (C=O) groups is 1. The molecule has 4 rings (SSSR count). The van der Waals surface area contributed by atoms with Gasteiger partial charge in [0.25, 0.3) is 15.9 Å². The summed E-state index contributed by atoms with van der Waals surface area (Å²) in [4.78, 5) is 21.9. The summed E-state index contributed by atoms with van der Waals surface area (Å²) < 4.78 is 32.5. The van der Waals surface area contributed by atoms with Gasteiger partial charge in [-0.2, -0.15) is 0 Å². The van der Waals surface area contributed by atoms with Crippen LogP contribution in [0.1, 0.15) is 27.4 Å². The molecule has 0 aliphatic carbocycles. The third-order valence-electron chi connectivity index (χ3n) is 4.91. The highest BCUT2D eigenvalue weighted by Gasteiger charge is 2.57. The predicted molar refractivity (Wildman–Crippen MR) is 115 cm³/mol. The van der Waals surface area contributed by atoms with Crippen LogP contribution in [-0.2, 0) is 20.3 Å². The molecule has 1 amide bonds. The second-order valence-corrected chi connectivity index (χ2v) is 10.7. The Bertz CT molecular complexity index is 1150. The van der Waals surface area contributed by atoms with Crippen LogP contribution in [0, 0.1) is 0 Å². The lowest BCUT2D eigenvalue weighted by Crippen LogP contribution is -2.59. The molecule has 1 fully saturated rings. The smallest absolute Gasteiger partial charge is 0.267 e. The zero-order valence-electron chi connectivity index (χ0n) is 15.6. The SMILES string of the molecule is CN1C(N)=NC2(c3sc(C(=O)Nc4cccc(Cl)n4)cc3Cl)CCCOC2S1(=O)=O. The van der Waals surface area contributed by atoms with E-state index in [0.29, 0.717) is 17.7 Å². The van der Waals surface area contributed by atoms with Crippen LogP contribution in [0.5, 0.6) is 0 Å². The zero-order chi connectivity index (χ0) is 21.7. The first-order valence-electron chi connectivity index (χ1n) is 8.83. The van der Waals surface area contributed by atoms with E-state index in [1.165, 1.54) is 13.1 Å². The van der Waals surface area contributed by atoms with Gasteiger partial charge in [0.2, 0.25) is 11.4 Å². The third-order valence-corrected chi connectivity index (χ3v) is 8.85. The van der Waals surface area contributed by atoms with Crippen LogP contribution >= 0.6 is 34.5 Å². The average molecular weight is 490 g/mol. The average Bonchev–Trinajstić information content (AvgIpc) is 3.09. The molecule has 2 unspecified atom stereocenters. The predicted octanol–water partition coefficient (Wildman–Crippen LogP) is 2.62. The lowest BCUT2D eigenvalue weighted by atomic mass is 9.91. The number of aromatic nitrogens is 1. The van der Waals surface area contributed by atoms with Gasteiger partial charge in [0.15, 0.2) is 0 Å². The largest absolute Gasteiger partial charge is 0.369 e. The monoisotopic (exact) mass is 489 g/mol. The topological polar surface area (TPSA) is 127 Å². The molecule has 2 aliphatic heterocycles. The Hall–Kier alpha value is -1.92. The van der Waals surface area contributed by atoms with Crippen LogP contribution in [0.15, 0.2) is 29.3 Å². The van der Waals surface area contributed by atoms with Crippen molar-refractivity contribution in [3.8, 4) is 0 Å². The number of halogens is 2. The van der Waals surface area contributed by atoms with Crippen molar-refractivity contribution in [3.63, 3.8) is 0 Å². The summed E-state index contributed by atoms with van der Waals surface area (Å²) in [5.41, 5.74) is 3.32. The van der Waals surface area contributed by atoms with E-state index in [0.717, 1.165) is 15.6 Å². The fourth-order valence-corrected chi connectivity index (χ4v) is 6.94. The van der Waals surface area contributed by atoms with Gasteiger partial charge in [-0.05, 0) is 31.0 Å². The zero-order valence-corrected chi connectivity index (χ0v) is 18.8. The lowest BCUT2D eigenvalue weighted by Gasteiger charge is -2.44. The van der Waals surface area contributed by atoms with E-state index in [2.05, 4.69) is 15.3 Å². The summed E-state index contributed by atoms with van der Waals surface area (Å²) in [5.74, 6) is -0.338. The van der Waals surface area contributed by atoms with E-state index >= 15 is 0 Å². The first-order valence-corrected chi connectivity index (χ1v) is 11.9. The molecule has 0 radical (unpaired) electrons. The number of aliphatic imine (C=N–C) groups is 1. The first-order chi connectivity index (χ1) is 14.1. The van der Waals surface area contributed by atoms with E-state index in [9.17, 15) is 13.2 Å². The van der Waals surface area contributed by atoms with Crippen LogP contribution in [0.4, 0.5) is 5.82 Å². The van der Waals surface area contributed by atoms with Gasteiger partial charge in [0.1, 0.15) is 16.5 Å². The summed E-state index contributed by atoms with van der Waals surface area (Å²) in [7, 11) is -2.60. The molecule has 9 nitrogen and oxygen atoms in total. The highest BCUT2D eigenvalue weighted by Crippen LogP contribution is 2.49. The molecule has 160 valence electrons. The van der Waals surface area contributed by atoms with E-state index in [1.807, 2.05) is 0 Å². The number of hydrogen-bond acceptors (Lipinski definition) is 8. The molecule has 3 N–H and O–H groups in total. The van der Waals surface area contributed by atoms with Gasteiger partial charge in [0.05, 0.1) is 14.8 Å². The third kappa shape index (κ3) is 3.44. The molecule has 13 heteroatoms.